The Bertz CT molecular complexity index is 3620. The molecule has 1 aliphatic carbocycles. The Morgan fingerprint density at radius 2 is 0.791 bits per heavy atom. The molecule has 0 atom stereocenters. The fraction of sp³-hybridized carbons (Fsp3) is 0.0317. The Labute approximate surface area is 390 Å². The lowest BCUT2D eigenvalue weighted by Crippen LogP contribution is -2.03. The molecular weight excluding hydrogens is 813 g/mol. The summed E-state index contributed by atoms with van der Waals surface area (Å²) < 4.78 is 2.49. The Morgan fingerprint density at radius 1 is 0.358 bits per heavy atom. The molecule has 12 rings (SSSR count). The van der Waals surface area contributed by atoms with Crippen molar-refractivity contribution in [3.8, 4) is 84.1 Å². The largest absolute Gasteiger partial charge is 0.309 e. The van der Waals surface area contributed by atoms with E-state index in [-0.39, 0.29) is 0 Å². The number of nitrogens with zero attached hydrogens (tertiary/aromatic N) is 4. The van der Waals surface area contributed by atoms with Crippen molar-refractivity contribution >= 4 is 27.4 Å². The molecule has 4 nitrogen and oxygen atoms in total. The molecule has 2 heterocycles. The molecule has 67 heavy (non-hydrogen) atoms. The summed E-state index contributed by atoms with van der Waals surface area (Å²) in [6, 6.07) is 80.5. The van der Waals surface area contributed by atoms with E-state index in [0.29, 0.717) is 11.6 Å². The molecule has 9 aromatic carbocycles. The van der Waals surface area contributed by atoms with Gasteiger partial charge in [0, 0.05) is 44.3 Å². The smallest absolute Gasteiger partial charge is 0.164 e. The van der Waals surface area contributed by atoms with Gasteiger partial charge in [-0.2, -0.15) is 0 Å². The fourth-order valence-corrected chi connectivity index (χ4v) is 9.83. The van der Waals surface area contributed by atoms with Gasteiger partial charge in [0.2, 0.25) is 0 Å². The lowest BCUT2D eigenvalue weighted by molar-refractivity contribution is 0.978. The minimum atomic E-state index is 0.663. The second-order valence-corrected chi connectivity index (χ2v) is 17.0. The molecule has 4 heteroatoms. The van der Waals surface area contributed by atoms with Crippen LogP contribution < -0.4 is 0 Å². The summed E-state index contributed by atoms with van der Waals surface area (Å²) in [5, 5.41) is 2.39. The van der Waals surface area contributed by atoms with Gasteiger partial charge in [0.1, 0.15) is 0 Å². The van der Waals surface area contributed by atoms with Crippen molar-refractivity contribution in [2.45, 2.75) is 12.8 Å². The van der Waals surface area contributed by atoms with Crippen LogP contribution in [0.25, 0.3) is 111 Å². The molecule has 0 fully saturated rings. The summed E-state index contributed by atoms with van der Waals surface area (Å²) in [4.78, 5) is 15.1. The van der Waals surface area contributed by atoms with Crippen LogP contribution in [0.5, 0.6) is 0 Å². The zero-order valence-corrected chi connectivity index (χ0v) is 36.8. The summed E-state index contributed by atoms with van der Waals surface area (Å²) in [6.45, 7) is 0. The molecule has 2 aromatic heterocycles. The SMILES string of the molecule is C1=CCCC(c2nc(-c3ccccc3)nc(-c3ccc(-c4ccc5c(c4)c4c(-c6ccccc6)c(-c6ccccc6)c(-c6ccccc6)c(-c6ccccc6)c4n5-c4ccccc4)cc3)n2)=C1. The highest BCUT2D eigenvalue weighted by atomic mass is 15.0. The van der Waals surface area contributed by atoms with Crippen molar-refractivity contribution in [2.24, 2.45) is 0 Å². The first-order chi connectivity index (χ1) is 33.3. The van der Waals surface area contributed by atoms with Crippen LogP contribution in [0, 0.1) is 0 Å². The number of rotatable bonds is 9. The van der Waals surface area contributed by atoms with Gasteiger partial charge in [-0.3, -0.25) is 0 Å². The van der Waals surface area contributed by atoms with E-state index in [9.17, 15) is 0 Å². The third kappa shape index (κ3) is 7.35. The Balaban J connectivity index is 1.14. The average Bonchev–Trinajstić information content (AvgIpc) is 3.76. The second kappa shape index (κ2) is 17.3. The molecule has 0 amide bonds. The lowest BCUT2D eigenvalue weighted by atomic mass is 9.80. The van der Waals surface area contributed by atoms with Crippen molar-refractivity contribution < 1.29 is 0 Å². The van der Waals surface area contributed by atoms with Gasteiger partial charge in [0.25, 0.3) is 0 Å². The first-order valence-corrected chi connectivity index (χ1v) is 23.0. The fourth-order valence-electron chi connectivity index (χ4n) is 9.83. The summed E-state index contributed by atoms with van der Waals surface area (Å²) in [7, 11) is 0. The maximum atomic E-state index is 5.07. The summed E-state index contributed by atoms with van der Waals surface area (Å²) in [5.74, 6) is 2.07. The zero-order chi connectivity index (χ0) is 44.5. The van der Waals surface area contributed by atoms with Gasteiger partial charge >= 0.3 is 0 Å². The Kier molecular flexibility index (Phi) is 10.3. The van der Waals surface area contributed by atoms with E-state index in [1.165, 1.54) is 49.7 Å². The predicted octanol–water partition coefficient (Wildman–Crippen LogP) is 16.4. The van der Waals surface area contributed by atoms with Crippen LogP contribution in [0.15, 0.2) is 243 Å². The third-order valence-corrected chi connectivity index (χ3v) is 12.9. The topological polar surface area (TPSA) is 43.6 Å². The first-order valence-electron chi connectivity index (χ1n) is 23.0. The molecule has 1 aliphatic rings. The molecule has 0 unspecified atom stereocenters. The van der Waals surface area contributed by atoms with Crippen molar-refractivity contribution in [2.75, 3.05) is 0 Å². The third-order valence-electron chi connectivity index (χ3n) is 12.9. The number of para-hydroxylation sites is 1. The van der Waals surface area contributed by atoms with Crippen molar-refractivity contribution in [1.82, 2.24) is 19.5 Å². The van der Waals surface area contributed by atoms with Crippen LogP contribution in [0.1, 0.15) is 18.7 Å². The molecule has 0 saturated heterocycles. The van der Waals surface area contributed by atoms with Crippen molar-refractivity contribution in [3.05, 3.63) is 249 Å². The van der Waals surface area contributed by atoms with Crippen LogP contribution in [-0.4, -0.2) is 19.5 Å². The van der Waals surface area contributed by atoms with Crippen LogP contribution >= 0.6 is 0 Å². The van der Waals surface area contributed by atoms with Crippen LogP contribution in [0.2, 0.25) is 0 Å². The van der Waals surface area contributed by atoms with Gasteiger partial charge in [-0.1, -0.05) is 218 Å². The molecule has 11 aromatic rings. The number of hydrogen-bond donors (Lipinski definition) is 0. The number of allylic oxidation sites excluding steroid dienone is 4. The average molecular weight is 857 g/mol. The predicted molar refractivity (Wildman–Crippen MR) is 279 cm³/mol. The minimum Gasteiger partial charge on any atom is -0.309 e. The zero-order valence-electron chi connectivity index (χ0n) is 36.8. The highest BCUT2D eigenvalue weighted by Gasteiger charge is 2.29. The van der Waals surface area contributed by atoms with E-state index in [0.717, 1.165) is 68.8 Å². The lowest BCUT2D eigenvalue weighted by Gasteiger charge is -2.24. The molecule has 0 N–H and O–H groups in total. The molecule has 0 saturated carbocycles. The summed E-state index contributed by atoms with van der Waals surface area (Å²) in [6.07, 6.45) is 8.29. The minimum absolute atomic E-state index is 0.663. The van der Waals surface area contributed by atoms with Crippen molar-refractivity contribution in [1.29, 1.82) is 0 Å². The van der Waals surface area contributed by atoms with E-state index in [1.54, 1.807) is 0 Å². The number of benzene rings is 9. The normalized spacial score (nSPS) is 12.4. The van der Waals surface area contributed by atoms with Crippen LogP contribution in [0.3, 0.4) is 0 Å². The summed E-state index contributed by atoms with van der Waals surface area (Å²) >= 11 is 0. The van der Waals surface area contributed by atoms with Gasteiger partial charge < -0.3 is 4.57 Å². The second-order valence-electron chi connectivity index (χ2n) is 17.0. The van der Waals surface area contributed by atoms with E-state index in [1.807, 2.05) is 18.2 Å². The van der Waals surface area contributed by atoms with E-state index in [4.69, 9.17) is 15.0 Å². The monoisotopic (exact) mass is 856 g/mol. The quantitative estimate of drug-likeness (QED) is 0.145. The van der Waals surface area contributed by atoms with E-state index in [2.05, 4.69) is 229 Å². The van der Waals surface area contributed by atoms with Gasteiger partial charge in [0.05, 0.1) is 11.0 Å². The van der Waals surface area contributed by atoms with Crippen LogP contribution in [0.4, 0.5) is 0 Å². The first kappa shape index (κ1) is 39.8. The standard InChI is InChI=1S/C63H44N4/c1-8-22-44(23-9-1)55-56(45-24-10-2-11-25-45)58(47-28-14-4-15-29-47)60-59(57(55)46-26-12-3-13-27-46)53-42-51(40-41-54(53)67(60)52-34-20-7-21-35-52)43-36-38-50(39-37-43)63-65-61(48-30-16-5-17-31-48)64-62(66-63)49-32-18-6-19-33-49/h1-18,20-32,34-42H,19,33H2. The van der Waals surface area contributed by atoms with Crippen molar-refractivity contribution in [3.63, 3.8) is 0 Å². The molecule has 316 valence electrons. The maximum absolute atomic E-state index is 5.07. The molecule has 0 radical (unpaired) electrons. The molecule has 0 spiro atoms. The summed E-state index contributed by atoms with van der Waals surface area (Å²) in [5.41, 5.74) is 18.1. The Hall–Kier alpha value is -8.73. The Morgan fingerprint density at radius 3 is 1.33 bits per heavy atom. The molecular formula is C63H44N4. The van der Waals surface area contributed by atoms with Gasteiger partial charge in [-0.25, -0.2) is 15.0 Å². The van der Waals surface area contributed by atoms with E-state index >= 15 is 0 Å². The highest BCUT2D eigenvalue weighted by molar-refractivity contribution is 6.26. The molecule has 0 aliphatic heterocycles. The number of hydrogen-bond acceptors (Lipinski definition) is 3. The number of aromatic nitrogens is 4. The number of fused-ring (bicyclic) bond motifs is 3. The van der Waals surface area contributed by atoms with Gasteiger partial charge in [-0.15, -0.1) is 0 Å². The van der Waals surface area contributed by atoms with E-state index < -0.39 is 0 Å². The highest BCUT2D eigenvalue weighted by Crippen LogP contribution is 2.54. The van der Waals surface area contributed by atoms with Gasteiger partial charge in [-0.05, 0) is 81.6 Å². The van der Waals surface area contributed by atoms with Gasteiger partial charge in [0.15, 0.2) is 17.5 Å². The van der Waals surface area contributed by atoms with Crippen LogP contribution in [-0.2, 0) is 0 Å². The molecule has 0 bridgehead atoms. The maximum Gasteiger partial charge on any atom is 0.164 e.